The van der Waals surface area contributed by atoms with E-state index in [1.54, 1.807) is 66.9 Å². The molecule has 0 N–H and O–H groups in total. The average Bonchev–Trinajstić information content (AvgIpc) is 3.00. The minimum Gasteiger partial charge on any atom is -0.427 e. The van der Waals surface area contributed by atoms with Gasteiger partial charge in [0, 0.05) is 12.6 Å². The Balaban J connectivity index is 1.28. The van der Waals surface area contributed by atoms with E-state index in [9.17, 15) is 14.0 Å². The standard InChI is InChI=1S/C36H44FNO4/c1-2-3-4-5-6-7-8-9-10-11-12-13-14-15-35(39)41-33-26-18-30(19-27-33)36(40)42-34-24-16-29(17-25-34)28-38-32-22-20-31(37)21-23-32/h16-28H,2-15H2,1H3. The van der Waals surface area contributed by atoms with Gasteiger partial charge in [-0.2, -0.15) is 0 Å². The maximum atomic E-state index is 13.0. The van der Waals surface area contributed by atoms with Gasteiger partial charge >= 0.3 is 11.9 Å². The number of halogens is 1. The van der Waals surface area contributed by atoms with Gasteiger partial charge in [0.1, 0.15) is 17.3 Å². The van der Waals surface area contributed by atoms with Gasteiger partial charge in [-0.15, -0.1) is 0 Å². The van der Waals surface area contributed by atoms with Crippen LogP contribution >= 0.6 is 0 Å². The molecule has 42 heavy (non-hydrogen) atoms. The van der Waals surface area contributed by atoms with Gasteiger partial charge in [0.05, 0.1) is 11.3 Å². The minimum atomic E-state index is -0.507. The van der Waals surface area contributed by atoms with Crippen molar-refractivity contribution in [3.05, 3.63) is 89.7 Å². The van der Waals surface area contributed by atoms with Crippen molar-refractivity contribution in [3.8, 4) is 11.5 Å². The first kappa shape index (κ1) is 32.7. The van der Waals surface area contributed by atoms with Crippen molar-refractivity contribution in [2.75, 3.05) is 0 Å². The summed E-state index contributed by atoms with van der Waals surface area (Å²) < 4.78 is 23.9. The van der Waals surface area contributed by atoms with Crippen molar-refractivity contribution in [2.45, 2.75) is 96.8 Å². The fraction of sp³-hybridized carbons (Fsp3) is 0.417. The van der Waals surface area contributed by atoms with Gasteiger partial charge < -0.3 is 9.47 Å². The third-order valence-corrected chi connectivity index (χ3v) is 7.09. The first-order valence-corrected chi connectivity index (χ1v) is 15.5. The van der Waals surface area contributed by atoms with Crippen molar-refractivity contribution in [1.29, 1.82) is 0 Å². The van der Waals surface area contributed by atoms with Gasteiger partial charge in [0.25, 0.3) is 0 Å². The molecule has 0 heterocycles. The number of hydrogen-bond donors (Lipinski definition) is 0. The van der Waals surface area contributed by atoms with Crippen molar-refractivity contribution < 1.29 is 23.5 Å². The molecule has 0 fully saturated rings. The van der Waals surface area contributed by atoms with Crippen LogP contribution in [0.15, 0.2) is 77.8 Å². The van der Waals surface area contributed by atoms with Crippen LogP contribution in [0, 0.1) is 5.82 Å². The molecule has 5 nitrogen and oxygen atoms in total. The highest BCUT2D eigenvalue weighted by molar-refractivity contribution is 5.91. The second-order valence-electron chi connectivity index (χ2n) is 10.7. The summed E-state index contributed by atoms with van der Waals surface area (Å²) in [5, 5.41) is 0. The molecule has 0 amide bonds. The van der Waals surface area contributed by atoms with E-state index in [0.29, 0.717) is 29.2 Å². The molecule has 6 heteroatoms. The monoisotopic (exact) mass is 573 g/mol. The van der Waals surface area contributed by atoms with Crippen LogP contribution in [0.25, 0.3) is 0 Å². The molecule has 0 aliphatic rings. The summed E-state index contributed by atoms with van der Waals surface area (Å²) in [6.45, 7) is 2.25. The van der Waals surface area contributed by atoms with Crippen LogP contribution in [0.1, 0.15) is 113 Å². The van der Waals surface area contributed by atoms with Crippen LogP contribution in [0.3, 0.4) is 0 Å². The van der Waals surface area contributed by atoms with E-state index in [4.69, 9.17) is 9.47 Å². The minimum absolute atomic E-state index is 0.253. The molecule has 224 valence electrons. The van der Waals surface area contributed by atoms with E-state index in [-0.39, 0.29) is 11.8 Å². The Kier molecular flexibility index (Phi) is 15.1. The number of rotatable bonds is 19. The molecule has 3 aromatic carbocycles. The fourth-order valence-electron chi connectivity index (χ4n) is 4.59. The Morgan fingerprint density at radius 3 is 1.71 bits per heavy atom. The predicted octanol–water partition coefficient (Wildman–Crippen LogP) is 10.2. The number of nitrogens with zero attached hydrogens (tertiary/aromatic N) is 1. The van der Waals surface area contributed by atoms with Crippen LogP contribution in [0.2, 0.25) is 0 Å². The summed E-state index contributed by atoms with van der Waals surface area (Å²) in [4.78, 5) is 29.0. The summed E-state index contributed by atoms with van der Waals surface area (Å²) in [5.74, 6) is -0.261. The first-order chi connectivity index (χ1) is 20.5. The van der Waals surface area contributed by atoms with Gasteiger partial charge in [0.15, 0.2) is 0 Å². The topological polar surface area (TPSA) is 65.0 Å². The smallest absolute Gasteiger partial charge is 0.343 e. The summed E-state index contributed by atoms with van der Waals surface area (Å²) in [7, 11) is 0. The van der Waals surface area contributed by atoms with E-state index in [1.807, 2.05) is 0 Å². The van der Waals surface area contributed by atoms with Gasteiger partial charge in [-0.05, 0) is 84.8 Å². The lowest BCUT2D eigenvalue weighted by molar-refractivity contribution is -0.134. The maximum Gasteiger partial charge on any atom is 0.343 e. The fourth-order valence-corrected chi connectivity index (χ4v) is 4.59. The SMILES string of the molecule is CCCCCCCCCCCCCCCC(=O)Oc1ccc(C(=O)Oc2ccc(C=Nc3ccc(F)cc3)cc2)cc1. The summed E-state index contributed by atoms with van der Waals surface area (Å²) in [5.41, 5.74) is 1.80. The molecular weight excluding hydrogens is 529 g/mol. The summed E-state index contributed by atoms with van der Waals surface area (Å²) in [6.07, 6.45) is 18.5. The number of ether oxygens (including phenoxy) is 2. The van der Waals surface area contributed by atoms with E-state index in [1.165, 1.54) is 76.3 Å². The maximum absolute atomic E-state index is 13.0. The molecule has 0 unspecified atom stereocenters. The molecular formula is C36H44FNO4. The van der Waals surface area contributed by atoms with Crippen molar-refractivity contribution in [1.82, 2.24) is 0 Å². The highest BCUT2D eigenvalue weighted by Gasteiger charge is 2.10. The molecule has 0 aromatic heterocycles. The number of unbranched alkanes of at least 4 members (excludes halogenated alkanes) is 12. The van der Waals surface area contributed by atoms with Crippen molar-refractivity contribution in [2.24, 2.45) is 4.99 Å². The third kappa shape index (κ3) is 13.2. The molecule has 0 spiro atoms. The second kappa shape index (κ2) is 19.3. The van der Waals surface area contributed by atoms with E-state index in [0.717, 1.165) is 24.8 Å². The van der Waals surface area contributed by atoms with Crippen LogP contribution < -0.4 is 9.47 Å². The normalized spacial score (nSPS) is 11.1. The van der Waals surface area contributed by atoms with Gasteiger partial charge in [-0.1, -0.05) is 84.0 Å². The Bertz CT molecular complexity index is 1220. The van der Waals surface area contributed by atoms with Crippen LogP contribution in [0.4, 0.5) is 10.1 Å². The molecule has 3 rings (SSSR count). The Hall–Kier alpha value is -3.80. The van der Waals surface area contributed by atoms with Crippen LogP contribution in [0.5, 0.6) is 11.5 Å². The Labute approximate surface area is 250 Å². The van der Waals surface area contributed by atoms with E-state index in [2.05, 4.69) is 11.9 Å². The molecule has 0 saturated heterocycles. The molecule has 0 aliphatic carbocycles. The van der Waals surface area contributed by atoms with Crippen LogP contribution in [-0.4, -0.2) is 18.2 Å². The summed E-state index contributed by atoms with van der Waals surface area (Å²) in [6, 6.07) is 19.2. The zero-order valence-electron chi connectivity index (χ0n) is 24.9. The quantitative estimate of drug-likeness (QED) is 0.0619. The van der Waals surface area contributed by atoms with E-state index < -0.39 is 5.97 Å². The largest absolute Gasteiger partial charge is 0.427 e. The average molecular weight is 574 g/mol. The molecule has 0 atom stereocenters. The zero-order chi connectivity index (χ0) is 29.8. The Morgan fingerprint density at radius 1 is 0.643 bits per heavy atom. The predicted molar refractivity (Wildman–Crippen MR) is 167 cm³/mol. The third-order valence-electron chi connectivity index (χ3n) is 7.09. The highest BCUT2D eigenvalue weighted by Crippen LogP contribution is 2.19. The number of benzene rings is 3. The lowest BCUT2D eigenvalue weighted by atomic mass is 10.0. The molecule has 0 aliphatic heterocycles. The first-order valence-electron chi connectivity index (χ1n) is 15.5. The number of hydrogen-bond acceptors (Lipinski definition) is 5. The molecule has 0 saturated carbocycles. The molecule has 3 aromatic rings. The number of carbonyl (C=O) groups excluding carboxylic acids is 2. The van der Waals surface area contributed by atoms with Crippen LogP contribution in [-0.2, 0) is 4.79 Å². The Morgan fingerprint density at radius 2 is 1.14 bits per heavy atom. The number of carbonyl (C=O) groups is 2. The highest BCUT2D eigenvalue weighted by atomic mass is 19.1. The zero-order valence-corrected chi connectivity index (χ0v) is 24.9. The lowest BCUT2D eigenvalue weighted by Crippen LogP contribution is -2.10. The second-order valence-corrected chi connectivity index (χ2v) is 10.7. The van der Waals surface area contributed by atoms with Gasteiger partial charge in [-0.3, -0.25) is 9.79 Å². The number of esters is 2. The number of aliphatic imine (C=N–C) groups is 1. The lowest BCUT2D eigenvalue weighted by Gasteiger charge is -2.07. The van der Waals surface area contributed by atoms with E-state index >= 15 is 0 Å². The van der Waals surface area contributed by atoms with Gasteiger partial charge in [0.2, 0.25) is 0 Å². The molecule has 0 bridgehead atoms. The van der Waals surface area contributed by atoms with Crippen molar-refractivity contribution >= 4 is 23.8 Å². The van der Waals surface area contributed by atoms with Gasteiger partial charge in [-0.25, -0.2) is 9.18 Å². The van der Waals surface area contributed by atoms with Crippen molar-refractivity contribution in [3.63, 3.8) is 0 Å². The summed E-state index contributed by atoms with van der Waals surface area (Å²) >= 11 is 0. The molecule has 0 radical (unpaired) electrons.